The Morgan fingerprint density at radius 1 is 1.04 bits per heavy atom. The van der Waals surface area contributed by atoms with Crippen LogP contribution in [0.4, 0.5) is 28.7 Å². The molecule has 1 heterocycles. The third-order valence-corrected chi connectivity index (χ3v) is 4.32. The second kappa shape index (κ2) is 7.31. The first-order chi connectivity index (χ1) is 11.7. The Bertz CT molecular complexity index is 823. The maximum Gasteiger partial charge on any atom is 0.161 e. The lowest BCUT2D eigenvalue weighted by atomic mass is 10.2. The predicted molar refractivity (Wildman–Crippen MR) is 103 cm³/mol. The van der Waals surface area contributed by atoms with E-state index in [9.17, 15) is 0 Å². The van der Waals surface area contributed by atoms with Gasteiger partial charge in [-0.05, 0) is 47.1 Å². The van der Waals surface area contributed by atoms with Crippen molar-refractivity contribution in [1.82, 2.24) is 9.97 Å². The minimum absolute atomic E-state index is 0.513. The van der Waals surface area contributed by atoms with Gasteiger partial charge >= 0.3 is 0 Å². The summed E-state index contributed by atoms with van der Waals surface area (Å²) in [5.41, 5.74) is 8.80. The third-order valence-electron chi connectivity index (χ3n) is 3.63. The highest BCUT2D eigenvalue weighted by molar-refractivity contribution is 9.10. The quantitative estimate of drug-likeness (QED) is 0.666. The van der Waals surface area contributed by atoms with Gasteiger partial charge in [0.15, 0.2) is 11.6 Å². The molecule has 0 aliphatic carbocycles. The van der Waals surface area contributed by atoms with Crippen molar-refractivity contribution in [2.45, 2.75) is 6.92 Å². The summed E-state index contributed by atoms with van der Waals surface area (Å²) < 4.78 is 0.944. The molecule has 0 aliphatic heterocycles. The molecule has 3 aromatic rings. The van der Waals surface area contributed by atoms with Gasteiger partial charge in [0.25, 0.3) is 0 Å². The van der Waals surface area contributed by atoms with E-state index in [-0.39, 0.29) is 0 Å². The molecule has 0 unspecified atom stereocenters. The molecule has 122 valence electrons. The molecule has 0 spiro atoms. The summed E-state index contributed by atoms with van der Waals surface area (Å²) in [7, 11) is 0. The molecule has 6 heteroatoms. The molecular weight excluding hydrogens is 366 g/mol. The van der Waals surface area contributed by atoms with Gasteiger partial charge in [-0.2, -0.15) is 0 Å². The van der Waals surface area contributed by atoms with Gasteiger partial charge < -0.3 is 16.0 Å². The summed E-state index contributed by atoms with van der Waals surface area (Å²) >= 11 is 3.52. The molecule has 0 bridgehead atoms. The van der Waals surface area contributed by atoms with Crippen LogP contribution in [0.1, 0.15) is 6.92 Å². The van der Waals surface area contributed by atoms with E-state index in [0.717, 1.165) is 22.4 Å². The summed E-state index contributed by atoms with van der Waals surface area (Å²) in [6, 6.07) is 17.9. The summed E-state index contributed by atoms with van der Waals surface area (Å²) in [6.45, 7) is 2.81. The Kier molecular flexibility index (Phi) is 4.96. The smallest absolute Gasteiger partial charge is 0.161 e. The molecule has 5 nitrogen and oxygen atoms in total. The number of rotatable bonds is 5. The average Bonchev–Trinajstić information content (AvgIpc) is 2.61. The topological polar surface area (TPSA) is 67.1 Å². The molecule has 3 rings (SSSR count). The fourth-order valence-corrected chi connectivity index (χ4v) is 2.84. The Labute approximate surface area is 149 Å². The fourth-order valence-electron chi connectivity index (χ4n) is 2.45. The van der Waals surface area contributed by atoms with Crippen molar-refractivity contribution in [3.05, 3.63) is 65.4 Å². The van der Waals surface area contributed by atoms with Crippen molar-refractivity contribution in [3.8, 4) is 0 Å². The Hall–Kier alpha value is -2.60. The van der Waals surface area contributed by atoms with E-state index in [2.05, 4.69) is 43.0 Å². The molecule has 1 aromatic heterocycles. The van der Waals surface area contributed by atoms with Crippen molar-refractivity contribution in [2.75, 3.05) is 22.5 Å². The van der Waals surface area contributed by atoms with Crippen LogP contribution < -0.4 is 16.0 Å². The lowest BCUT2D eigenvalue weighted by Gasteiger charge is -2.24. The number of aromatic nitrogens is 2. The number of nitrogens with zero attached hydrogens (tertiary/aromatic N) is 3. The van der Waals surface area contributed by atoms with E-state index in [0.29, 0.717) is 17.3 Å². The summed E-state index contributed by atoms with van der Waals surface area (Å²) in [6.07, 6.45) is 1.52. The van der Waals surface area contributed by atoms with Crippen LogP contribution in [0, 0.1) is 0 Å². The maximum atomic E-state index is 6.35. The first-order valence-corrected chi connectivity index (χ1v) is 8.44. The number of halogens is 1. The number of para-hydroxylation sites is 2. The molecule has 0 radical (unpaired) electrons. The van der Waals surface area contributed by atoms with Crippen LogP contribution in [-0.2, 0) is 0 Å². The molecule has 0 saturated heterocycles. The van der Waals surface area contributed by atoms with Gasteiger partial charge in [-0.1, -0.05) is 30.3 Å². The Morgan fingerprint density at radius 2 is 1.75 bits per heavy atom. The van der Waals surface area contributed by atoms with Gasteiger partial charge in [-0.25, -0.2) is 9.97 Å². The van der Waals surface area contributed by atoms with Crippen molar-refractivity contribution in [3.63, 3.8) is 0 Å². The van der Waals surface area contributed by atoms with Crippen LogP contribution in [0.15, 0.2) is 65.4 Å². The Balaban J connectivity index is 1.97. The molecule has 0 saturated carbocycles. The summed E-state index contributed by atoms with van der Waals surface area (Å²) in [5, 5.41) is 3.26. The van der Waals surface area contributed by atoms with Gasteiger partial charge in [0.05, 0.1) is 5.69 Å². The highest BCUT2D eigenvalue weighted by atomic mass is 79.9. The van der Waals surface area contributed by atoms with Crippen molar-refractivity contribution < 1.29 is 0 Å². The lowest BCUT2D eigenvalue weighted by Crippen LogP contribution is -2.19. The number of benzene rings is 2. The van der Waals surface area contributed by atoms with Crippen molar-refractivity contribution in [2.24, 2.45) is 0 Å². The van der Waals surface area contributed by atoms with Gasteiger partial charge in [-0.3, -0.25) is 0 Å². The van der Waals surface area contributed by atoms with E-state index in [4.69, 9.17) is 5.73 Å². The lowest BCUT2D eigenvalue weighted by molar-refractivity contribution is 0.980. The molecule has 0 aliphatic rings. The molecule has 0 atom stereocenters. The number of nitrogens with one attached hydrogen (secondary N) is 1. The van der Waals surface area contributed by atoms with E-state index in [1.807, 2.05) is 54.6 Å². The zero-order chi connectivity index (χ0) is 16.9. The fraction of sp³-hybridized carbons (Fsp3) is 0.111. The normalized spacial score (nSPS) is 10.4. The number of anilines is 5. The van der Waals surface area contributed by atoms with Crippen LogP contribution in [0.3, 0.4) is 0 Å². The van der Waals surface area contributed by atoms with E-state index < -0.39 is 0 Å². The second-order valence-corrected chi connectivity index (χ2v) is 6.00. The molecular formula is C18H18BrN5. The minimum Gasteiger partial charge on any atom is -0.393 e. The average molecular weight is 384 g/mol. The third kappa shape index (κ3) is 3.33. The monoisotopic (exact) mass is 383 g/mol. The van der Waals surface area contributed by atoms with E-state index in [1.54, 1.807) is 0 Å². The van der Waals surface area contributed by atoms with E-state index in [1.165, 1.54) is 6.33 Å². The first-order valence-electron chi connectivity index (χ1n) is 7.65. The van der Waals surface area contributed by atoms with Gasteiger partial charge in [0.1, 0.15) is 12.0 Å². The SMILES string of the molecule is CCN(c1ccccc1)c1ncnc(Nc2ccccc2Br)c1N. The molecule has 2 aromatic carbocycles. The van der Waals surface area contributed by atoms with Crippen molar-refractivity contribution >= 4 is 44.6 Å². The van der Waals surface area contributed by atoms with Crippen LogP contribution in [-0.4, -0.2) is 16.5 Å². The zero-order valence-electron chi connectivity index (χ0n) is 13.3. The molecule has 24 heavy (non-hydrogen) atoms. The molecule has 3 N–H and O–H groups in total. The number of hydrogen-bond acceptors (Lipinski definition) is 5. The largest absolute Gasteiger partial charge is 0.393 e. The minimum atomic E-state index is 0.513. The predicted octanol–water partition coefficient (Wildman–Crippen LogP) is 4.72. The zero-order valence-corrected chi connectivity index (χ0v) is 14.9. The highest BCUT2D eigenvalue weighted by Gasteiger charge is 2.16. The highest BCUT2D eigenvalue weighted by Crippen LogP contribution is 2.34. The Morgan fingerprint density at radius 3 is 2.46 bits per heavy atom. The van der Waals surface area contributed by atoms with Gasteiger partial charge in [0, 0.05) is 16.7 Å². The van der Waals surface area contributed by atoms with Crippen LogP contribution in [0.2, 0.25) is 0 Å². The number of nitrogen functional groups attached to an aromatic ring is 1. The van der Waals surface area contributed by atoms with Crippen molar-refractivity contribution in [1.29, 1.82) is 0 Å². The van der Waals surface area contributed by atoms with Crippen LogP contribution >= 0.6 is 15.9 Å². The van der Waals surface area contributed by atoms with Gasteiger partial charge in [0.2, 0.25) is 0 Å². The number of hydrogen-bond donors (Lipinski definition) is 2. The second-order valence-electron chi connectivity index (χ2n) is 5.14. The molecule has 0 fully saturated rings. The van der Waals surface area contributed by atoms with Crippen LogP contribution in [0.5, 0.6) is 0 Å². The van der Waals surface area contributed by atoms with E-state index >= 15 is 0 Å². The standard InChI is InChI=1S/C18H18BrN5/c1-2-24(13-8-4-3-5-9-13)18-16(20)17(21-12-22-18)23-15-11-7-6-10-14(15)19/h3-12H,2,20H2,1H3,(H,21,22,23). The number of nitrogens with two attached hydrogens (primary N) is 1. The van der Waals surface area contributed by atoms with Crippen LogP contribution in [0.25, 0.3) is 0 Å². The summed E-state index contributed by atoms with van der Waals surface area (Å²) in [5.74, 6) is 1.27. The van der Waals surface area contributed by atoms with Gasteiger partial charge in [-0.15, -0.1) is 0 Å². The maximum absolute atomic E-state index is 6.35. The summed E-state index contributed by atoms with van der Waals surface area (Å²) in [4.78, 5) is 10.7. The first kappa shape index (κ1) is 16.3. The molecule has 0 amide bonds.